The van der Waals surface area contributed by atoms with Crippen molar-refractivity contribution < 1.29 is 0 Å². The molecule has 0 aliphatic heterocycles. The molecule has 0 heterocycles. The third-order valence-electron chi connectivity index (χ3n) is 9.47. The van der Waals surface area contributed by atoms with Crippen LogP contribution in [0.4, 0.5) is 0 Å². The Bertz CT molecular complexity index is 1480. The van der Waals surface area contributed by atoms with Crippen LogP contribution in [-0.4, -0.2) is 8.80 Å². The Hall–Kier alpha value is -2.90. The number of benzene rings is 3. The molecule has 0 aromatic heterocycles. The van der Waals surface area contributed by atoms with E-state index in [1.165, 1.54) is 53.5 Å². The SMILES string of the molecule is CC1=Cc2c(cc3c(c2-c2ccccc2-c2ccccc2)CCC3)C1CC1=C(C)C(C)=C(C)C1[Si](C)C. The Kier molecular flexibility index (Phi) is 6.23. The third-order valence-corrected chi connectivity index (χ3v) is 11.4. The van der Waals surface area contributed by atoms with Gasteiger partial charge in [-0.05, 0) is 115 Å². The number of hydrogen-bond acceptors (Lipinski definition) is 0. The van der Waals surface area contributed by atoms with Crippen LogP contribution in [0.3, 0.4) is 0 Å². The van der Waals surface area contributed by atoms with Crippen LogP contribution in [-0.2, 0) is 12.8 Å². The highest BCUT2D eigenvalue weighted by atomic mass is 28.3. The van der Waals surface area contributed by atoms with Crippen molar-refractivity contribution in [2.75, 3.05) is 0 Å². The van der Waals surface area contributed by atoms with E-state index in [2.05, 4.69) is 108 Å². The van der Waals surface area contributed by atoms with Crippen molar-refractivity contribution in [2.24, 2.45) is 0 Å². The smallest absolute Gasteiger partial charge is 0.0547 e. The van der Waals surface area contributed by atoms with Gasteiger partial charge in [-0.3, -0.25) is 0 Å². The van der Waals surface area contributed by atoms with Crippen molar-refractivity contribution in [3.8, 4) is 22.3 Å². The van der Waals surface area contributed by atoms with Gasteiger partial charge in [-0.15, -0.1) is 0 Å². The van der Waals surface area contributed by atoms with E-state index in [4.69, 9.17) is 0 Å². The number of allylic oxidation sites excluding steroid dienone is 5. The summed E-state index contributed by atoms with van der Waals surface area (Å²) in [6.45, 7) is 14.5. The lowest BCUT2D eigenvalue weighted by Gasteiger charge is -2.26. The van der Waals surface area contributed by atoms with Gasteiger partial charge < -0.3 is 0 Å². The first-order chi connectivity index (χ1) is 17.9. The zero-order chi connectivity index (χ0) is 25.8. The average molecular weight is 500 g/mol. The summed E-state index contributed by atoms with van der Waals surface area (Å²) in [5, 5.41) is 0. The van der Waals surface area contributed by atoms with Crippen molar-refractivity contribution in [2.45, 2.75) is 77.9 Å². The molecule has 37 heavy (non-hydrogen) atoms. The maximum atomic E-state index is 2.61. The first-order valence-electron chi connectivity index (χ1n) is 14.1. The van der Waals surface area contributed by atoms with Gasteiger partial charge in [-0.25, -0.2) is 0 Å². The van der Waals surface area contributed by atoms with E-state index in [-0.39, 0.29) is 0 Å². The van der Waals surface area contributed by atoms with Gasteiger partial charge in [0.15, 0.2) is 0 Å². The molecule has 187 valence electrons. The molecule has 6 rings (SSSR count). The van der Waals surface area contributed by atoms with Crippen molar-refractivity contribution in [3.63, 3.8) is 0 Å². The minimum atomic E-state index is -0.440. The highest BCUT2D eigenvalue weighted by molar-refractivity contribution is 6.59. The van der Waals surface area contributed by atoms with E-state index in [0.717, 1.165) is 0 Å². The monoisotopic (exact) mass is 499 g/mol. The maximum Gasteiger partial charge on any atom is 0.0547 e. The summed E-state index contributed by atoms with van der Waals surface area (Å²) < 4.78 is 0. The van der Waals surface area contributed by atoms with Crippen molar-refractivity contribution in [3.05, 3.63) is 111 Å². The molecule has 0 nitrogen and oxygen atoms in total. The molecule has 3 aromatic carbocycles. The summed E-state index contributed by atoms with van der Waals surface area (Å²) in [6, 6.07) is 22.7. The number of aryl methyl sites for hydroxylation is 1. The molecule has 0 bridgehead atoms. The van der Waals surface area contributed by atoms with Crippen LogP contribution in [0.5, 0.6) is 0 Å². The molecule has 1 radical (unpaired) electrons. The molecule has 0 saturated carbocycles. The predicted molar refractivity (Wildman–Crippen MR) is 163 cm³/mol. The molecule has 3 aromatic rings. The summed E-state index contributed by atoms with van der Waals surface area (Å²) in [5.74, 6) is 0.496. The Morgan fingerprint density at radius 1 is 0.811 bits per heavy atom. The summed E-state index contributed by atoms with van der Waals surface area (Å²) in [5.41, 5.74) is 20.6. The molecule has 3 aliphatic carbocycles. The van der Waals surface area contributed by atoms with Crippen LogP contribution in [0.2, 0.25) is 18.6 Å². The largest absolute Gasteiger partial charge is 0.0705 e. The molecule has 2 atom stereocenters. The predicted octanol–water partition coefficient (Wildman–Crippen LogP) is 10.2. The minimum Gasteiger partial charge on any atom is -0.0705 e. The van der Waals surface area contributed by atoms with Crippen LogP contribution >= 0.6 is 0 Å². The normalized spacial score (nSPS) is 20.7. The van der Waals surface area contributed by atoms with E-state index in [1.807, 2.05) is 0 Å². The van der Waals surface area contributed by atoms with E-state index in [1.54, 1.807) is 44.6 Å². The molecule has 0 saturated heterocycles. The van der Waals surface area contributed by atoms with Gasteiger partial charge in [-0.2, -0.15) is 0 Å². The van der Waals surface area contributed by atoms with Crippen molar-refractivity contribution in [1.82, 2.24) is 0 Å². The first kappa shape index (κ1) is 24.4. The highest BCUT2D eigenvalue weighted by Gasteiger charge is 2.35. The Balaban J connectivity index is 1.50. The second kappa shape index (κ2) is 9.44. The lowest BCUT2D eigenvalue weighted by atomic mass is 9.82. The molecular formula is C36H39Si. The lowest BCUT2D eigenvalue weighted by Crippen LogP contribution is -2.16. The zero-order valence-electron chi connectivity index (χ0n) is 23.3. The summed E-state index contributed by atoms with van der Waals surface area (Å²) in [7, 11) is -0.440. The third kappa shape index (κ3) is 3.94. The summed E-state index contributed by atoms with van der Waals surface area (Å²) in [6.07, 6.45) is 7.42. The topological polar surface area (TPSA) is 0 Å². The van der Waals surface area contributed by atoms with Crippen LogP contribution in [0.15, 0.2) is 88.5 Å². The quantitative estimate of drug-likeness (QED) is 0.306. The highest BCUT2D eigenvalue weighted by Crippen LogP contribution is 2.53. The number of hydrogen-bond donors (Lipinski definition) is 0. The Morgan fingerprint density at radius 2 is 1.51 bits per heavy atom. The van der Waals surface area contributed by atoms with Gasteiger partial charge in [-0.1, -0.05) is 96.6 Å². The Morgan fingerprint density at radius 3 is 2.24 bits per heavy atom. The maximum absolute atomic E-state index is 2.61. The first-order valence-corrected chi connectivity index (χ1v) is 16.6. The van der Waals surface area contributed by atoms with Gasteiger partial charge in [0.1, 0.15) is 0 Å². The molecule has 0 N–H and O–H groups in total. The van der Waals surface area contributed by atoms with Crippen LogP contribution in [0, 0.1) is 0 Å². The van der Waals surface area contributed by atoms with E-state index >= 15 is 0 Å². The second-order valence-electron chi connectivity index (χ2n) is 11.8. The fourth-order valence-corrected chi connectivity index (χ4v) is 9.57. The van der Waals surface area contributed by atoms with E-state index < -0.39 is 8.80 Å². The van der Waals surface area contributed by atoms with Crippen molar-refractivity contribution in [1.29, 1.82) is 0 Å². The van der Waals surface area contributed by atoms with Gasteiger partial charge in [0, 0.05) is 5.92 Å². The van der Waals surface area contributed by atoms with Crippen LogP contribution in [0.25, 0.3) is 28.3 Å². The summed E-state index contributed by atoms with van der Waals surface area (Å²) >= 11 is 0. The zero-order valence-corrected chi connectivity index (χ0v) is 24.3. The fraction of sp³-hybridized carbons (Fsp3) is 0.333. The second-order valence-corrected chi connectivity index (χ2v) is 14.5. The molecule has 3 aliphatic rings. The fourth-order valence-electron chi connectivity index (χ4n) is 7.45. The molecule has 0 spiro atoms. The summed E-state index contributed by atoms with van der Waals surface area (Å²) in [4.78, 5) is 0. The van der Waals surface area contributed by atoms with E-state index in [9.17, 15) is 0 Å². The molecular weight excluding hydrogens is 460 g/mol. The standard InChI is InChI=1S/C36H39Si/c1-22-19-34-33(31(22)21-32-24(3)23(2)25(4)36(32)37(5)6)20-27-15-12-18-29(27)35(34)30-17-11-10-16-28(30)26-13-8-7-9-14-26/h7-11,13-14,16-17,19-20,31,36H,12,15,18,21H2,1-6H3. The average Bonchev–Trinajstić information content (AvgIpc) is 3.55. The minimum absolute atomic E-state index is 0.440. The van der Waals surface area contributed by atoms with Gasteiger partial charge in [0.25, 0.3) is 0 Å². The lowest BCUT2D eigenvalue weighted by molar-refractivity contribution is 0.770. The van der Waals surface area contributed by atoms with Crippen LogP contribution in [0.1, 0.15) is 68.7 Å². The van der Waals surface area contributed by atoms with Gasteiger partial charge in [0.2, 0.25) is 0 Å². The molecule has 2 unspecified atom stereocenters. The number of fused-ring (bicyclic) bond motifs is 2. The molecule has 1 heteroatoms. The van der Waals surface area contributed by atoms with E-state index in [0.29, 0.717) is 11.5 Å². The van der Waals surface area contributed by atoms with Gasteiger partial charge >= 0.3 is 0 Å². The Labute approximate surface area is 225 Å². The van der Waals surface area contributed by atoms with Gasteiger partial charge in [0.05, 0.1) is 8.80 Å². The number of rotatable bonds is 5. The molecule has 0 fully saturated rings. The van der Waals surface area contributed by atoms with Crippen molar-refractivity contribution >= 4 is 14.9 Å². The molecule has 0 amide bonds. The van der Waals surface area contributed by atoms with Crippen LogP contribution < -0.4 is 0 Å².